The summed E-state index contributed by atoms with van der Waals surface area (Å²) in [6.45, 7) is 0. The highest BCUT2D eigenvalue weighted by atomic mass is 32.1. The van der Waals surface area contributed by atoms with E-state index in [1.807, 2.05) is 0 Å². The van der Waals surface area contributed by atoms with Gasteiger partial charge in [0, 0.05) is 24.8 Å². The zero-order valence-electron chi connectivity index (χ0n) is 16.3. The Labute approximate surface area is 175 Å². The van der Waals surface area contributed by atoms with Gasteiger partial charge < -0.3 is 4.74 Å². The molecule has 6 rings (SSSR count). The molecule has 2 aromatic carbocycles. The van der Waals surface area contributed by atoms with E-state index >= 15 is 0 Å². The van der Waals surface area contributed by atoms with Gasteiger partial charge in [0.1, 0.15) is 5.75 Å². The summed E-state index contributed by atoms with van der Waals surface area (Å²) < 4.78 is 6.75. The van der Waals surface area contributed by atoms with Crippen molar-refractivity contribution in [3.8, 4) is 5.75 Å². The van der Waals surface area contributed by atoms with E-state index in [1.165, 1.54) is 21.7 Å². The molecule has 0 radical (unpaired) electrons. The van der Waals surface area contributed by atoms with Crippen LogP contribution in [0.15, 0.2) is 77.2 Å². The summed E-state index contributed by atoms with van der Waals surface area (Å²) in [5, 5.41) is 9.63. The van der Waals surface area contributed by atoms with Crippen molar-refractivity contribution in [3.05, 3.63) is 88.1 Å². The van der Waals surface area contributed by atoms with E-state index in [2.05, 4.69) is 77.1 Å². The van der Waals surface area contributed by atoms with E-state index < -0.39 is 0 Å². The number of hydrazone groups is 1. The van der Waals surface area contributed by atoms with Gasteiger partial charge in [0.05, 0.1) is 16.6 Å². The summed E-state index contributed by atoms with van der Waals surface area (Å²) in [7, 11) is 0. The fraction of sp³-hybridized carbons (Fsp3) is 0.320. The number of hydrogen-bond acceptors (Lipinski definition) is 4. The van der Waals surface area contributed by atoms with E-state index in [1.54, 1.807) is 11.3 Å². The Morgan fingerprint density at radius 3 is 2.52 bits per heavy atom. The molecule has 1 fully saturated rings. The van der Waals surface area contributed by atoms with Crippen LogP contribution in [0.3, 0.4) is 0 Å². The van der Waals surface area contributed by atoms with Gasteiger partial charge in [0.15, 0.2) is 5.72 Å². The molecule has 1 atom stereocenters. The quantitative estimate of drug-likeness (QED) is 0.501. The molecule has 3 nitrogen and oxygen atoms in total. The van der Waals surface area contributed by atoms with Crippen molar-refractivity contribution in [2.24, 2.45) is 5.10 Å². The van der Waals surface area contributed by atoms with Crippen LogP contribution >= 0.6 is 11.3 Å². The molecule has 1 aromatic heterocycles. The molecule has 2 aliphatic heterocycles. The first-order valence-electron chi connectivity index (χ1n) is 10.6. The Kier molecular flexibility index (Phi) is 4.01. The predicted molar refractivity (Wildman–Crippen MR) is 118 cm³/mol. The van der Waals surface area contributed by atoms with E-state index in [4.69, 9.17) is 9.84 Å². The fourth-order valence-electron chi connectivity index (χ4n) is 5.28. The SMILES string of the molecule is c1ccc(C2CCC3(CC2)Oc2ccccc2[C@@H]2CC(c4cccs4)=NN23)cc1. The smallest absolute Gasteiger partial charge is 0.198 e. The molecule has 0 N–H and O–H groups in total. The average molecular weight is 401 g/mol. The van der Waals surface area contributed by atoms with Crippen molar-refractivity contribution in [1.82, 2.24) is 5.01 Å². The Hall–Kier alpha value is -2.59. The van der Waals surface area contributed by atoms with E-state index in [-0.39, 0.29) is 11.8 Å². The van der Waals surface area contributed by atoms with Crippen LogP contribution in [0, 0.1) is 0 Å². The lowest BCUT2D eigenvalue weighted by Crippen LogP contribution is -2.55. The van der Waals surface area contributed by atoms with Crippen LogP contribution in [-0.4, -0.2) is 16.4 Å². The number of rotatable bonds is 2. The molecule has 3 aromatic rings. The van der Waals surface area contributed by atoms with Crippen molar-refractivity contribution in [3.63, 3.8) is 0 Å². The van der Waals surface area contributed by atoms with Gasteiger partial charge in [-0.25, -0.2) is 5.01 Å². The second kappa shape index (κ2) is 6.74. The van der Waals surface area contributed by atoms with Crippen LogP contribution in [0.1, 0.15) is 60.1 Å². The van der Waals surface area contributed by atoms with Gasteiger partial charge in [-0.1, -0.05) is 54.6 Å². The van der Waals surface area contributed by atoms with Gasteiger partial charge in [0.25, 0.3) is 0 Å². The molecular weight excluding hydrogens is 376 g/mol. The lowest BCUT2D eigenvalue weighted by molar-refractivity contribution is -0.142. The van der Waals surface area contributed by atoms with Crippen LogP contribution in [0.4, 0.5) is 0 Å². The lowest BCUT2D eigenvalue weighted by atomic mass is 9.78. The third-order valence-electron chi connectivity index (χ3n) is 6.75. The number of ether oxygens (including phenoxy) is 1. The van der Waals surface area contributed by atoms with E-state index in [9.17, 15) is 0 Å². The van der Waals surface area contributed by atoms with Crippen molar-refractivity contribution in [1.29, 1.82) is 0 Å². The van der Waals surface area contributed by atoms with Gasteiger partial charge >= 0.3 is 0 Å². The Morgan fingerprint density at radius 1 is 0.931 bits per heavy atom. The summed E-state index contributed by atoms with van der Waals surface area (Å²) in [4.78, 5) is 1.28. The third-order valence-corrected chi connectivity index (χ3v) is 7.67. The van der Waals surface area contributed by atoms with Crippen LogP contribution < -0.4 is 4.74 Å². The first-order chi connectivity index (χ1) is 14.3. The zero-order chi connectivity index (χ0) is 19.3. The van der Waals surface area contributed by atoms with Gasteiger partial charge in [-0.2, -0.15) is 5.10 Å². The number of para-hydroxylation sites is 1. The highest BCUT2D eigenvalue weighted by Crippen LogP contribution is 2.53. The summed E-state index contributed by atoms with van der Waals surface area (Å²) in [6.07, 6.45) is 5.26. The second-order valence-corrected chi connectivity index (χ2v) is 9.31. The maximum Gasteiger partial charge on any atom is 0.198 e. The summed E-state index contributed by atoms with van der Waals surface area (Å²) >= 11 is 1.78. The van der Waals surface area contributed by atoms with Gasteiger partial charge in [-0.15, -0.1) is 11.3 Å². The number of benzene rings is 2. The number of hydrogen-bond donors (Lipinski definition) is 0. The molecule has 1 spiro atoms. The fourth-order valence-corrected chi connectivity index (χ4v) is 6.00. The molecule has 0 amide bonds. The predicted octanol–water partition coefficient (Wildman–Crippen LogP) is 6.35. The first-order valence-corrected chi connectivity index (χ1v) is 11.4. The highest BCUT2D eigenvalue weighted by molar-refractivity contribution is 7.12. The van der Waals surface area contributed by atoms with Gasteiger partial charge in [0.2, 0.25) is 0 Å². The molecule has 1 aliphatic carbocycles. The number of fused-ring (bicyclic) bond motifs is 4. The Bertz CT molecular complexity index is 1040. The van der Waals surface area contributed by atoms with Gasteiger partial charge in [-0.3, -0.25) is 0 Å². The summed E-state index contributed by atoms with van der Waals surface area (Å²) in [5.41, 5.74) is 3.62. The van der Waals surface area contributed by atoms with Crippen molar-refractivity contribution >= 4 is 17.0 Å². The molecule has 3 heterocycles. The largest absolute Gasteiger partial charge is 0.466 e. The maximum absolute atomic E-state index is 6.75. The molecule has 146 valence electrons. The molecule has 0 unspecified atom stereocenters. The summed E-state index contributed by atoms with van der Waals surface area (Å²) in [5.74, 6) is 1.67. The standard InChI is InChI=1S/C25H24N2OS/c1-2-7-18(8-3-1)19-12-14-25(15-13-19)27-22(20-9-4-5-10-23(20)28-25)17-21(26-27)24-11-6-16-29-24/h1-11,16,19,22H,12-15,17H2/t19?,22-,25?/m0/s1. The van der Waals surface area contributed by atoms with Crippen LogP contribution in [0.2, 0.25) is 0 Å². The van der Waals surface area contributed by atoms with E-state index in [0.717, 1.165) is 37.9 Å². The topological polar surface area (TPSA) is 24.8 Å². The highest BCUT2D eigenvalue weighted by Gasteiger charge is 2.52. The number of nitrogens with zero attached hydrogens (tertiary/aromatic N) is 2. The summed E-state index contributed by atoms with van der Waals surface area (Å²) in [6, 6.07) is 24.1. The first kappa shape index (κ1) is 17.3. The van der Waals surface area contributed by atoms with Crippen molar-refractivity contribution in [2.45, 2.75) is 49.8 Å². The molecule has 3 aliphatic rings. The zero-order valence-corrected chi connectivity index (χ0v) is 17.1. The number of thiophene rings is 1. The molecule has 29 heavy (non-hydrogen) atoms. The van der Waals surface area contributed by atoms with Crippen LogP contribution in [0.5, 0.6) is 5.75 Å². The van der Waals surface area contributed by atoms with Crippen molar-refractivity contribution < 1.29 is 4.74 Å². The minimum Gasteiger partial charge on any atom is -0.466 e. The molecule has 0 saturated heterocycles. The van der Waals surface area contributed by atoms with Crippen molar-refractivity contribution in [2.75, 3.05) is 0 Å². The Morgan fingerprint density at radius 2 is 1.72 bits per heavy atom. The molecular formula is C25H24N2OS. The maximum atomic E-state index is 6.75. The van der Waals surface area contributed by atoms with E-state index in [0.29, 0.717) is 5.92 Å². The minimum atomic E-state index is -0.316. The molecule has 0 bridgehead atoms. The normalized spacial score (nSPS) is 27.9. The minimum absolute atomic E-state index is 0.283. The monoisotopic (exact) mass is 400 g/mol. The second-order valence-electron chi connectivity index (χ2n) is 8.36. The lowest BCUT2D eigenvalue weighted by Gasteiger charge is -2.50. The third kappa shape index (κ3) is 2.81. The Balaban J connectivity index is 1.35. The average Bonchev–Trinajstić information content (AvgIpc) is 3.46. The van der Waals surface area contributed by atoms with Gasteiger partial charge in [-0.05, 0) is 41.8 Å². The van der Waals surface area contributed by atoms with Crippen LogP contribution in [0.25, 0.3) is 0 Å². The molecule has 1 saturated carbocycles. The molecule has 4 heteroatoms. The van der Waals surface area contributed by atoms with Crippen LogP contribution in [-0.2, 0) is 0 Å².